The number of carbonyl (C=O) groups excluding carboxylic acids is 1. The van der Waals surface area contributed by atoms with Crippen LogP contribution in [0.25, 0.3) is 11.0 Å². The highest BCUT2D eigenvalue weighted by molar-refractivity contribution is 6.30. The van der Waals surface area contributed by atoms with Gasteiger partial charge in [-0.15, -0.1) is 0 Å². The Labute approximate surface area is 221 Å². The molecule has 2 heterocycles. The number of nitrogens with zero attached hydrogens (tertiary/aromatic N) is 1. The summed E-state index contributed by atoms with van der Waals surface area (Å²) in [7, 11) is 0. The van der Waals surface area contributed by atoms with E-state index in [-0.39, 0.29) is 30.1 Å². The van der Waals surface area contributed by atoms with Crippen molar-refractivity contribution in [1.82, 2.24) is 4.90 Å². The molecule has 1 N–H and O–H groups in total. The van der Waals surface area contributed by atoms with E-state index in [1.165, 1.54) is 0 Å². The average Bonchev–Trinajstić information content (AvgIpc) is 2.91. The Morgan fingerprint density at radius 2 is 1.84 bits per heavy atom. The molecule has 0 radical (unpaired) electrons. The van der Waals surface area contributed by atoms with E-state index in [0.29, 0.717) is 29.3 Å². The molecule has 37 heavy (non-hydrogen) atoms. The van der Waals surface area contributed by atoms with Crippen LogP contribution < -0.4 is 10.4 Å². The molecular formula is C30H32ClNO5. The van der Waals surface area contributed by atoms with Crippen molar-refractivity contribution < 1.29 is 19.1 Å². The fourth-order valence-electron chi connectivity index (χ4n) is 6.78. The Balaban J connectivity index is 1.24. The fraction of sp³-hybridized carbons (Fsp3) is 0.467. The molecule has 1 saturated heterocycles. The summed E-state index contributed by atoms with van der Waals surface area (Å²) < 4.78 is 11.5. The van der Waals surface area contributed by atoms with Gasteiger partial charge in [0, 0.05) is 34.5 Å². The van der Waals surface area contributed by atoms with E-state index in [1.54, 1.807) is 6.07 Å². The molecule has 1 unspecified atom stereocenters. The molecular weight excluding hydrogens is 490 g/mol. The molecule has 3 aliphatic rings. The van der Waals surface area contributed by atoms with Crippen molar-refractivity contribution in [3.05, 3.63) is 74.6 Å². The highest BCUT2D eigenvalue weighted by Crippen LogP contribution is 2.49. The Morgan fingerprint density at radius 1 is 1.05 bits per heavy atom. The summed E-state index contributed by atoms with van der Waals surface area (Å²) in [6.07, 6.45) is 8.00. The van der Waals surface area contributed by atoms with E-state index in [0.717, 1.165) is 73.4 Å². The summed E-state index contributed by atoms with van der Waals surface area (Å²) in [5.41, 5.74) is 2.34. The number of carbonyl (C=O) groups is 1. The Kier molecular flexibility index (Phi) is 6.49. The second-order valence-corrected chi connectivity index (χ2v) is 11.2. The minimum atomic E-state index is -0.755. The normalized spacial score (nSPS) is 25.4. The van der Waals surface area contributed by atoms with Crippen LogP contribution in [0.3, 0.4) is 0 Å². The van der Waals surface area contributed by atoms with E-state index >= 15 is 0 Å². The molecule has 7 heteroatoms. The lowest BCUT2D eigenvalue weighted by Crippen LogP contribution is -2.56. The lowest BCUT2D eigenvalue weighted by molar-refractivity contribution is -0.157. The van der Waals surface area contributed by atoms with Gasteiger partial charge in [-0.25, -0.2) is 4.79 Å². The first-order chi connectivity index (χ1) is 17.9. The monoisotopic (exact) mass is 521 g/mol. The largest absolute Gasteiger partial charge is 0.484 e. The SMILES string of the molecule is O=C(COc1ccc2c3c(c(=O)oc2c1)CCCC3)N1CC[C@@]2(O)CCCC[C@H]2C1c1ccc(Cl)cc1. The third-order valence-electron chi connectivity index (χ3n) is 8.66. The van der Waals surface area contributed by atoms with Crippen molar-refractivity contribution >= 4 is 28.5 Å². The van der Waals surface area contributed by atoms with Gasteiger partial charge < -0.3 is 19.2 Å². The summed E-state index contributed by atoms with van der Waals surface area (Å²) in [5.74, 6) is 0.342. The molecule has 1 amide bonds. The van der Waals surface area contributed by atoms with Crippen molar-refractivity contribution in [3.8, 4) is 5.75 Å². The third-order valence-corrected chi connectivity index (χ3v) is 8.91. The van der Waals surface area contributed by atoms with Crippen LogP contribution in [0, 0.1) is 5.92 Å². The number of amides is 1. The number of ether oxygens (including phenoxy) is 1. The first-order valence-corrected chi connectivity index (χ1v) is 13.8. The van der Waals surface area contributed by atoms with Gasteiger partial charge in [-0.3, -0.25) is 4.79 Å². The van der Waals surface area contributed by atoms with Gasteiger partial charge in [0.15, 0.2) is 6.61 Å². The lowest BCUT2D eigenvalue weighted by Gasteiger charge is -2.52. The van der Waals surface area contributed by atoms with Gasteiger partial charge in [0.2, 0.25) is 0 Å². The van der Waals surface area contributed by atoms with Crippen LogP contribution in [0.1, 0.15) is 67.7 Å². The van der Waals surface area contributed by atoms with E-state index < -0.39 is 5.60 Å². The van der Waals surface area contributed by atoms with Crippen molar-refractivity contribution in [3.63, 3.8) is 0 Å². The maximum absolute atomic E-state index is 13.5. The zero-order chi connectivity index (χ0) is 25.6. The zero-order valence-electron chi connectivity index (χ0n) is 20.9. The molecule has 6 rings (SSSR count). The molecule has 0 bridgehead atoms. The number of rotatable bonds is 4. The molecule has 194 valence electrons. The molecule has 2 aromatic carbocycles. The number of aliphatic hydroxyl groups is 1. The third kappa shape index (κ3) is 4.55. The Bertz CT molecular complexity index is 1380. The van der Waals surface area contributed by atoms with Crippen molar-refractivity contribution in [2.45, 2.75) is 69.4 Å². The molecule has 1 aromatic heterocycles. The van der Waals surface area contributed by atoms with Gasteiger partial charge in [-0.2, -0.15) is 0 Å². The fourth-order valence-corrected chi connectivity index (χ4v) is 6.90. The number of benzene rings is 2. The Hall–Kier alpha value is -2.83. The summed E-state index contributed by atoms with van der Waals surface area (Å²) in [6, 6.07) is 12.9. The van der Waals surface area contributed by atoms with Crippen molar-refractivity contribution in [1.29, 1.82) is 0 Å². The Morgan fingerprint density at radius 3 is 2.65 bits per heavy atom. The number of fused-ring (bicyclic) bond motifs is 4. The number of hydrogen-bond donors (Lipinski definition) is 1. The number of likely N-dealkylation sites (tertiary alicyclic amines) is 1. The number of hydrogen-bond acceptors (Lipinski definition) is 5. The molecule has 1 aliphatic heterocycles. The first-order valence-electron chi connectivity index (χ1n) is 13.4. The zero-order valence-corrected chi connectivity index (χ0v) is 21.6. The number of halogens is 1. The predicted octanol–water partition coefficient (Wildman–Crippen LogP) is 5.60. The molecule has 2 fully saturated rings. The van der Waals surface area contributed by atoms with Gasteiger partial charge in [-0.1, -0.05) is 36.6 Å². The van der Waals surface area contributed by atoms with Gasteiger partial charge in [-0.05, 0) is 80.3 Å². The number of aryl methyl sites for hydroxylation is 1. The minimum Gasteiger partial charge on any atom is -0.484 e. The number of piperidine rings is 1. The van der Waals surface area contributed by atoms with Gasteiger partial charge in [0.05, 0.1) is 11.6 Å². The van der Waals surface area contributed by atoms with Crippen molar-refractivity contribution in [2.75, 3.05) is 13.2 Å². The van der Waals surface area contributed by atoms with Gasteiger partial charge in [0.25, 0.3) is 5.91 Å². The minimum absolute atomic E-state index is 0.0266. The molecule has 3 aromatic rings. The quantitative estimate of drug-likeness (QED) is 0.452. The highest BCUT2D eigenvalue weighted by Gasteiger charge is 2.50. The van der Waals surface area contributed by atoms with Crippen LogP contribution in [0.15, 0.2) is 51.7 Å². The van der Waals surface area contributed by atoms with Crippen LogP contribution in [0.2, 0.25) is 5.02 Å². The van der Waals surface area contributed by atoms with Crippen LogP contribution in [-0.2, 0) is 17.6 Å². The molecule has 3 atom stereocenters. The van der Waals surface area contributed by atoms with E-state index in [1.807, 2.05) is 41.3 Å². The van der Waals surface area contributed by atoms with Crippen LogP contribution in [0.4, 0.5) is 0 Å². The summed E-state index contributed by atoms with van der Waals surface area (Å²) in [4.78, 5) is 27.9. The van der Waals surface area contributed by atoms with Crippen LogP contribution in [-0.4, -0.2) is 34.7 Å². The molecule has 6 nitrogen and oxygen atoms in total. The summed E-state index contributed by atoms with van der Waals surface area (Å²) in [5, 5.41) is 13.1. The second-order valence-electron chi connectivity index (χ2n) is 10.8. The highest BCUT2D eigenvalue weighted by atomic mass is 35.5. The lowest BCUT2D eigenvalue weighted by atomic mass is 9.66. The van der Waals surface area contributed by atoms with E-state index in [9.17, 15) is 14.7 Å². The first kappa shape index (κ1) is 24.5. The van der Waals surface area contributed by atoms with E-state index in [4.69, 9.17) is 20.8 Å². The molecule has 0 spiro atoms. The summed E-state index contributed by atoms with van der Waals surface area (Å²) in [6.45, 7) is 0.344. The summed E-state index contributed by atoms with van der Waals surface area (Å²) >= 11 is 6.15. The molecule has 2 aliphatic carbocycles. The predicted molar refractivity (Wildman–Crippen MR) is 142 cm³/mol. The average molecular weight is 522 g/mol. The van der Waals surface area contributed by atoms with Crippen LogP contribution in [0.5, 0.6) is 5.75 Å². The maximum atomic E-state index is 13.5. The second kappa shape index (κ2) is 9.80. The van der Waals surface area contributed by atoms with Crippen molar-refractivity contribution in [2.24, 2.45) is 5.92 Å². The van der Waals surface area contributed by atoms with Gasteiger partial charge in [0.1, 0.15) is 11.3 Å². The standard InChI is InChI=1S/C30H32ClNO5/c31-20-10-8-19(9-11-20)28-25-7-3-4-14-30(25,35)15-16-32(28)27(33)18-36-21-12-13-23-22-5-1-2-6-24(22)29(34)37-26(23)17-21/h8-13,17,25,28,35H,1-7,14-16,18H2/t25-,28?,30-/m0/s1. The van der Waals surface area contributed by atoms with Crippen LogP contribution >= 0.6 is 11.6 Å². The topological polar surface area (TPSA) is 80.0 Å². The molecule has 1 saturated carbocycles. The van der Waals surface area contributed by atoms with Gasteiger partial charge >= 0.3 is 5.63 Å². The smallest absolute Gasteiger partial charge is 0.339 e. The maximum Gasteiger partial charge on any atom is 0.339 e. The van der Waals surface area contributed by atoms with E-state index in [2.05, 4.69) is 0 Å².